The molecule has 1 fully saturated rings. The van der Waals surface area contributed by atoms with Gasteiger partial charge in [-0.05, 0) is 55.0 Å². The number of benzene rings is 2. The highest BCUT2D eigenvalue weighted by Crippen LogP contribution is 2.19. The third-order valence-corrected chi connectivity index (χ3v) is 5.64. The van der Waals surface area contributed by atoms with Gasteiger partial charge in [0.05, 0.1) is 4.90 Å². The van der Waals surface area contributed by atoms with E-state index >= 15 is 0 Å². The second kappa shape index (κ2) is 8.69. The van der Waals surface area contributed by atoms with Crippen molar-refractivity contribution in [3.8, 4) is 0 Å². The molecule has 6 nitrogen and oxygen atoms in total. The van der Waals surface area contributed by atoms with E-state index < -0.39 is 15.8 Å². The van der Waals surface area contributed by atoms with Gasteiger partial charge >= 0.3 is 0 Å². The number of aryl methyl sites for hydroxylation is 1. The molecule has 1 saturated heterocycles. The quantitative estimate of drug-likeness (QED) is 0.678. The first-order valence-corrected chi connectivity index (χ1v) is 9.71. The molecule has 146 valence electrons. The fourth-order valence-electron chi connectivity index (χ4n) is 2.52. The smallest absolute Gasteiger partial charge is 0.261 e. The second-order valence-corrected chi connectivity index (χ2v) is 8.01. The molecule has 1 aliphatic heterocycles. The van der Waals surface area contributed by atoms with Crippen LogP contribution in [0.5, 0.6) is 0 Å². The van der Waals surface area contributed by atoms with Crippen molar-refractivity contribution in [3.05, 3.63) is 59.4 Å². The van der Waals surface area contributed by atoms with Crippen molar-refractivity contribution < 1.29 is 17.6 Å². The molecule has 0 atom stereocenters. The molecular formula is C18H21ClFN3O3S. The lowest BCUT2D eigenvalue weighted by Gasteiger charge is -2.27. The molecular weight excluding hydrogens is 393 g/mol. The molecule has 0 aromatic heterocycles. The predicted molar refractivity (Wildman–Crippen MR) is 104 cm³/mol. The predicted octanol–water partition coefficient (Wildman–Crippen LogP) is 2.31. The Morgan fingerprint density at radius 2 is 1.85 bits per heavy atom. The molecule has 1 amide bonds. The van der Waals surface area contributed by atoms with Crippen LogP contribution >= 0.6 is 12.4 Å². The summed E-state index contributed by atoms with van der Waals surface area (Å²) in [6.45, 7) is 3.93. The highest BCUT2D eigenvalue weighted by Gasteiger charge is 2.18. The van der Waals surface area contributed by atoms with Gasteiger partial charge in [-0.3, -0.25) is 9.52 Å². The van der Waals surface area contributed by atoms with Crippen molar-refractivity contribution >= 4 is 34.0 Å². The highest BCUT2D eigenvalue weighted by molar-refractivity contribution is 7.92. The van der Waals surface area contributed by atoms with Gasteiger partial charge in [0.2, 0.25) is 0 Å². The first kappa shape index (κ1) is 21.1. The van der Waals surface area contributed by atoms with Crippen LogP contribution in [0.2, 0.25) is 0 Å². The molecule has 27 heavy (non-hydrogen) atoms. The highest BCUT2D eigenvalue weighted by atomic mass is 35.5. The van der Waals surface area contributed by atoms with E-state index in [9.17, 15) is 17.6 Å². The van der Waals surface area contributed by atoms with E-state index in [0.29, 0.717) is 23.7 Å². The van der Waals surface area contributed by atoms with E-state index in [0.717, 1.165) is 19.2 Å². The van der Waals surface area contributed by atoms with Crippen molar-refractivity contribution in [1.82, 2.24) is 10.6 Å². The zero-order valence-corrected chi connectivity index (χ0v) is 16.3. The zero-order chi connectivity index (χ0) is 18.7. The lowest BCUT2D eigenvalue weighted by Crippen LogP contribution is -2.48. The van der Waals surface area contributed by atoms with E-state index in [4.69, 9.17) is 0 Å². The van der Waals surface area contributed by atoms with Crippen molar-refractivity contribution in [1.29, 1.82) is 0 Å². The summed E-state index contributed by atoms with van der Waals surface area (Å²) in [5.74, 6) is -0.193. The largest absolute Gasteiger partial charge is 0.352 e. The van der Waals surface area contributed by atoms with Crippen molar-refractivity contribution in [3.63, 3.8) is 0 Å². The molecule has 0 saturated carbocycles. The number of halogens is 2. The maximum absolute atomic E-state index is 13.3. The lowest BCUT2D eigenvalue weighted by atomic mass is 10.0. The minimum Gasteiger partial charge on any atom is -0.352 e. The van der Waals surface area contributed by atoms with Gasteiger partial charge in [0.1, 0.15) is 5.82 Å². The van der Waals surface area contributed by atoms with Crippen molar-refractivity contribution in [2.75, 3.05) is 24.4 Å². The van der Waals surface area contributed by atoms with Crippen molar-refractivity contribution in [2.45, 2.75) is 11.8 Å². The molecule has 0 radical (unpaired) electrons. The van der Waals surface area contributed by atoms with E-state index in [1.807, 2.05) is 0 Å². The molecule has 3 N–H and O–H groups in total. The van der Waals surface area contributed by atoms with Crippen LogP contribution in [0.25, 0.3) is 0 Å². The van der Waals surface area contributed by atoms with Crippen LogP contribution < -0.4 is 15.4 Å². The van der Waals surface area contributed by atoms with Crippen LogP contribution in [0.1, 0.15) is 15.9 Å². The van der Waals surface area contributed by atoms with Crippen molar-refractivity contribution in [2.24, 2.45) is 5.92 Å². The molecule has 3 rings (SSSR count). The Bertz CT molecular complexity index is 916. The molecule has 0 unspecified atom stereocenters. The maximum Gasteiger partial charge on any atom is 0.261 e. The minimum absolute atomic E-state index is 0. The molecule has 0 spiro atoms. The lowest BCUT2D eigenvalue weighted by molar-refractivity contribution is 0.0942. The third-order valence-electron chi connectivity index (χ3n) is 4.26. The number of carbonyl (C=O) groups is 1. The summed E-state index contributed by atoms with van der Waals surface area (Å²) in [5, 5.41) is 5.99. The summed E-state index contributed by atoms with van der Waals surface area (Å²) >= 11 is 0. The SMILES string of the molecule is Cc1cc(S(=O)(=O)Nc2ccc(C(=O)NCC3CNC3)cc2)ccc1F.Cl. The van der Waals surface area contributed by atoms with Crippen LogP contribution in [0, 0.1) is 18.7 Å². The maximum atomic E-state index is 13.3. The van der Waals surface area contributed by atoms with E-state index in [2.05, 4.69) is 15.4 Å². The summed E-state index contributed by atoms with van der Waals surface area (Å²) in [6, 6.07) is 9.76. The van der Waals surface area contributed by atoms with Crippen LogP contribution in [-0.2, 0) is 10.0 Å². The average Bonchev–Trinajstić information content (AvgIpc) is 2.56. The number of sulfonamides is 1. The summed E-state index contributed by atoms with van der Waals surface area (Å²) < 4.78 is 40.5. The fourth-order valence-corrected chi connectivity index (χ4v) is 3.66. The zero-order valence-electron chi connectivity index (χ0n) is 14.7. The molecule has 9 heteroatoms. The van der Waals surface area contributed by atoms with Crippen LogP contribution in [0.4, 0.5) is 10.1 Å². The van der Waals surface area contributed by atoms with Gasteiger partial charge in [-0.1, -0.05) is 0 Å². The number of amides is 1. The number of carbonyl (C=O) groups excluding carboxylic acids is 1. The van der Waals surface area contributed by atoms with Gasteiger partial charge < -0.3 is 10.6 Å². The standard InChI is InChI=1S/C18H20FN3O3S.ClH/c1-12-8-16(6-7-17(12)19)26(24,25)22-15-4-2-14(3-5-15)18(23)21-11-13-9-20-10-13;/h2-8,13,20,22H,9-11H2,1H3,(H,21,23);1H. The molecule has 2 aromatic carbocycles. The third kappa shape index (κ3) is 5.18. The van der Waals surface area contributed by atoms with E-state index in [1.165, 1.54) is 31.2 Å². The van der Waals surface area contributed by atoms with Crippen LogP contribution in [0.3, 0.4) is 0 Å². The Morgan fingerprint density at radius 3 is 2.41 bits per heavy atom. The normalized spacial score (nSPS) is 14.0. The Balaban J connectivity index is 0.00000261. The molecule has 0 aliphatic carbocycles. The second-order valence-electron chi connectivity index (χ2n) is 6.33. The number of rotatable bonds is 6. The van der Waals surface area contributed by atoms with E-state index in [1.54, 1.807) is 12.1 Å². The summed E-state index contributed by atoms with van der Waals surface area (Å²) in [5.41, 5.74) is 1.03. The monoisotopic (exact) mass is 413 g/mol. The topological polar surface area (TPSA) is 87.3 Å². The van der Waals surface area contributed by atoms with E-state index in [-0.39, 0.29) is 28.8 Å². The molecule has 2 aromatic rings. The van der Waals surface area contributed by atoms with Gasteiger partial charge in [-0.25, -0.2) is 12.8 Å². The van der Waals surface area contributed by atoms with Gasteiger partial charge in [0.25, 0.3) is 15.9 Å². The minimum atomic E-state index is -3.83. The molecule has 1 aliphatic rings. The van der Waals surface area contributed by atoms with Crippen LogP contribution in [-0.4, -0.2) is 34.0 Å². The number of nitrogens with one attached hydrogen (secondary N) is 3. The number of hydrogen-bond acceptors (Lipinski definition) is 4. The summed E-state index contributed by atoms with van der Waals surface area (Å²) in [6.07, 6.45) is 0. The summed E-state index contributed by atoms with van der Waals surface area (Å²) in [4.78, 5) is 12.0. The Morgan fingerprint density at radius 1 is 1.19 bits per heavy atom. The first-order valence-electron chi connectivity index (χ1n) is 8.23. The Labute approximate surface area is 164 Å². The fraction of sp³-hybridized carbons (Fsp3) is 0.278. The van der Waals surface area contributed by atoms with Gasteiger partial charge in [0, 0.05) is 36.8 Å². The van der Waals surface area contributed by atoms with Gasteiger partial charge in [-0.2, -0.15) is 0 Å². The number of hydrogen-bond donors (Lipinski definition) is 3. The molecule has 0 bridgehead atoms. The number of anilines is 1. The van der Waals surface area contributed by atoms with Gasteiger partial charge in [-0.15, -0.1) is 12.4 Å². The summed E-state index contributed by atoms with van der Waals surface area (Å²) in [7, 11) is -3.83. The Kier molecular flexibility index (Phi) is 6.80. The van der Waals surface area contributed by atoms with Crippen LogP contribution in [0.15, 0.2) is 47.4 Å². The molecule has 1 heterocycles. The first-order chi connectivity index (χ1) is 12.3. The average molecular weight is 414 g/mol. The Hall–Kier alpha value is -2.16. The van der Waals surface area contributed by atoms with Gasteiger partial charge in [0.15, 0.2) is 0 Å².